The van der Waals surface area contributed by atoms with Crippen molar-refractivity contribution in [2.75, 3.05) is 0 Å². The van der Waals surface area contributed by atoms with Crippen LogP contribution in [-0.2, 0) is 5.92 Å². The molecule has 2 nitrogen and oxygen atoms in total. The molecule has 2 aromatic rings. The molecule has 0 saturated heterocycles. The number of hydrogen-bond donors (Lipinski definition) is 0. The molecule has 0 fully saturated rings. The Bertz CT molecular complexity index is 713. The Labute approximate surface area is 138 Å². The van der Waals surface area contributed by atoms with Crippen molar-refractivity contribution in [3.05, 3.63) is 49.3 Å². The van der Waals surface area contributed by atoms with Crippen molar-refractivity contribution in [2.45, 2.75) is 12.1 Å². The Kier molecular flexibility index (Phi) is 4.61. The van der Waals surface area contributed by atoms with Gasteiger partial charge in [-0.15, -0.1) is 0 Å². The van der Waals surface area contributed by atoms with Crippen molar-refractivity contribution in [2.24, 2.45) is 0 Å². The van der Waals surface area contributed by atoms with Crippen LogP contribution in [0.1, 0.15) is 20.9 Å². The molecule has 0 aliphatic carbocycles. The number of carbonyl (C=O) groups is 1. The smallest absolute Gasteiger partial charge is 0.288 e. The van der Waals surface area contributed by atoms with Gasteiger partial charge in [0.25, 0.3) is 0 Å². The highest BCUT2D eigenvalue weighted by Gasteiger charge is 2.61. The highest BCUT2D eigenvalue weighted by atomic mass is 79.9. The normalized spacial score (nSPS) is 12.5. The molecule has 0 aliphatic heterocycles. The summed E-state index contributed by atoms with van der Waals surface area (Å²) in [6.45, 7) is 0. The van der Waals surface area contributed by atoms with E-state index in [-0.39, 0.29) is 16.9 Å². The minimum Gasteiger partial charge on any atom is -0.288 e. The average Bonchev–Trinajstić information content (AvgIpc) is 2.80. The molecule has 118 valence electrons. The van der Waals surface area contributed by atoms with Crippen LogP contribution in [0.25, 0.3) is 0 Å². The quantitative estimate of drug-likeness (QED) is 0.489. The number of aromatic nitrogens is 1. The molecule has 0 radical (unpaired) electrons. The van der Waals surface area contributed by atoms with Crippen LogP contribution >= 0.6 is 38.9 Å². The first kappa shape index (κ1) is 17.3. The van der Waals surface area contributed by atoms with E-state index in [1.165, 1.54) is 24.3 Å². The molecular weight excluding hydrogens is 417 g/mol. The first-order valence-electron chi connectivity index (χ1n) is 5.45. The summed E-state index contributed by atoms with van der Waals surface area (Å²) in [5.74, 6) is -6.27. The van der Waals surface area contributed by atoms with E-state index in [1.807, 2.05) is 0 Å². The van der Waals surface area contributed by atoms with Gasteiger partial charge in [-0.1, -0.05) is 38.9 Å². The van der Waals surface area contributed by atoms with E-state index in [0.717, 1.165) is 0 Å². The summed E-state index contributed by atoms with van der Waals surface area (Å²) in [6.07, 6.45) is -5.88. The summed E-state index contributed by atoms with van der Waals surface area (Å²) in [4.78, 5) is 14.3. The molecule has 0 atom stereocenters. The number of nitrogens with zero attached hydrogens (tertiary/aromatic N) is 1. The molecule has 1 aromatic heterocycles. The van der Waals surface area contributed by atoms with Crippen molar-refractivity contribution >= 4 is 44.7 Å². The van der Waals surface area contributed by atoms with Gasteiger partial charge in [0.1, 0.15) is 10.6 Å². The second-order valence-corrected chi connectivity index (χ2v) is 6.55. The highest BCUT2D eigenvalue weighted by molar-refractivity contribution is 9.10. The summed E-state index contributed by atoms with van der Waals surface area (Å²) >= 11 is 8.82. The minimum absolute atomic E-state index is 0.0530. The van der Waals surface area contributed by atoms with Gasteiger partial charge in [-0.3, -0.25) is 4.79 Å². The lowest BCUT2D eigenvalue weighted by atomic mass is 10.1. The van der Waals surface area contributed by atoms with Gasteiger partial charge in [0.2, 0.25) is 5.78 Å². The van der Waals surface area contributed by atoms with Gasteiger partial charge in [-0.25, -0.2) is 4.98 Å². The SMILES string of the molecule is O=C(c1ccc(Br)cc1)c1sc(Cl)nc1C(F)(F)C(F)(F)F. The predicted octanol–water partition coefficient (Wildman–Crippen LogP) is 5.44. The Balaban J connectivity index is 2.53. The maximum absolute atomic E-state index is 13.5. The monoisotopic (exact) mass is 419 g/mol. The zero-order valence-electron chi connectivity index (χ0n) is 10.2. The van der Waals surface area contributed by atoms with Gasteiger partial charge in [0, 0.05) is 10.0 Å². The van der Waals surface area contributed by atoms with Crippen molar-refractivity contribution in [1.29, 1.82) is 0 Å². The van der Waals surface area contributed by atoms with Crippen LogP contribution in [0, 0.1) is 0 Å². The van der Waals surface area contributed by atoms with Crippen LogP contribution in [0.3, 0.4) is 0 Å². The van der Waals surface area contributed by atoms with Gasteiger partial charge in [-0.2, -0.15) is 22.0 Å². The van der Waals surface area contributed by atoms with Gasteiger partial charge < -0.3 is 0 Å². The van der Waals surface area contributed by atoms with Crippen LogP contribution in [-0.4, -0.2) is 16.9 Å². The number of ketones is 1. The standard InChI is InChI=1S/C12H4BrClF5NOS/c13-6-3-1-5(2-4-6)7(21)8-9(20-10(14)22-8)11(15,16)12(17,18)19/h1-4H. The Hall–Kier alpha value is -1.06. The van der Waals surface area contributed by atoms with Crippen molar-refractivity contribution in [3.8, 4) is 0 Å². The lowest BCUT2D eigenvalue weighted by molar-refractivity contribution is -0.290. The van der Waals surface area contributed by atoms with Crippen LogP contribution in [0.4, 0.5) is 22.0 Å². The van der Waals surface area contributed by atoms with Gasteiger partial charge in [0.05, 0.1) is 0 Å². The summed E-state index contributed by atoms with van der Waals surface area (Å²) in [6, 6.07) is 5.49. The van der Waals surface area contributed by atoms with Crippen LogP contribution < -0.4 is 0 Å². The van der Waals surface area contributed by atoms with Crippen molar-refractivity contribution in [3.63, 3.8) is 0 Å². The molecule has 22 heavy (non-hydrogen) atoms. The Morgan fingerprint density at radius 1 is 1.14 bits per heavy atom. The minimum atomic E-state index is -5.88. The molecule has 0 saturated carbocycles. The number of hydrogen-bond acceptors (Lipinski definition) is 3. The Morgan fingerprint density at radius 2 is 1.68 bits per heavy atom. The summed E-state index contributed by atoms with van der Waals surface area (Å²) < 4.78 is 64.4. The Morgan fingerprint density at radius 3 is 2.18 bits per heavy atom. The fraction of sp³-hybridized carbons (Fsp3) is 0.167. The fourth-order valence-electron chi connectivity index (χ4n) is 1.53. The van der Waals surface area contributed by atoms with Gasteiger partial charge >= 0.3 is 12.1 Å². The van der Waals surface area contributed by atoms with Gasteiger partial charge in [0.15, 0.2) is 4.47 Å². The highest BCUT2D eigenvalue weighted by Crippen LogP contribution is 2.46. The number of rotatable bonds is 3. The summed E-state index contributed by atoms with van der Waals surface area (Å²) in [5.41, 5.74) is -1.73. The molecule has 0 bridgehead atoms. The third-order valence-electron chi connectivity index (χ3n) is 2.57. The van der Waals surface area contributed by atoms with E-state index in [9.17, 15) is 26.7 Å². The predicted molar refractivity (Wildman–Crippen MR) is 74.6 cm³/mol. The van der Waals surface area contributed by atoms with Crippen LogP contribution in [0.2, 0.25) is 4.47 Å². The maximum atomic E-state index is 13.5. The second kappa shape index (κ2) is 5.86. The lowest BCUT2D eigenvalue weighted by Gasteiger charge is -2.18. The van der Waals surface area contributed by atoms with E-state index in [0.29, 0.717) is 4.47 Å². The molecule has 0 amide bonds. The molecule has 0 N–H and O–H groups in total. The molecule has 0 spiro atoms. The summed E-state index contributed by atoms with van der Waals surface area (Å²) in [5, 5.41) is 0. The lowest BCUT2D eigenvalue weighted by Crippen LogP contribution is -2.35. The topological polar surface area (TPSA) is 30.0 Å². The first-order chi connectivity index (χ1) is 10.0. The zero-order valence-corrected chi connectivity index (χ0v) is 13.4. The third kappa shape index (κ3) is 3.16. The largest absolute Gasteiger partial charge is 0.459 e. The molecular formula is C12H4BrClF5NOS. The average molecular weight is 421 g/mol. The van der Waals surface area contributed by atoms with Crippen LogP contribution in [0.5, 0.6) is 0 Å². The number of thiazole rings is 1. The molecule has 10 heteroatoms. The summed E-state index contributed by atoms with van der Waals surface area (Å²) in [7, 11) is 0. The van der Waals surface area contributed by atoms with Crippen LogP contribution in [0.15, 0.2) is 28.7 Å². The van der Waals surface area contributed by atoms with Gasteiger partial charge in [-0.05, 0) is 24.3 Å². The molecule has 0 aliphatic rings. The number of halogens is 7. The number of alkyl halides is 5. The van der Waals surface area contributed by atoms with E-state index < -0.39 is 32.9 Å². The first-order valence-corrected chi connectivity index (χ1v) is 7.44. The van der Waals surface area contributed by atoms with Crippen molar-refractivity contribution < 1.29 is 26.7 Å². The molecule has 2 rings (SSSR count). The third-order valence-corrected chi connectivity index (χ3v) is 4.25. The number of benzene rings is 1. The molecule has 1 heterocycles. The van der Waals surface area contributed by atoms with E-state index in [1.54, 1.807) is 0 Å². The zero-order chi connectivity index (χ0) is 16.7. The molecule has 1 aromatic carbocycles. The van der Waals surface area contributed by atoms with E-state index in [2.05, 4.69) is 20.9 Å². The van der Waals surface area contributed by atoms with E-state index in [4.69, 9.17) is 11.6 Å². The fourth-order valence-corrected chi connectivity index (χ4v) is 2.89. The van der Waals surface area contributed by atoms with E-state index >= 15 is 0 Å². The second-order valence-electron chi connectivity index (χ2n) is 4.05. The maximum Gasteiger partial charge on any atom is 0.459 e. The van der Waals surface area contributed by atoms with Crippen molar-refractivity contribution in [1.82, 2.24) is 4.98 Å². The molecule has 0 unspecified atom stereocenters. The number of carbonyl (C=O) groups excluding carboxylic acids is 1.